The lowest BCUT2D eigenvalue weighted by atomic mass is 10.0. The topological polar surface area (TPSA) is 45.2 Å². The van der Waals surface area contributed by atoms with E-state index >= 15 is 0 Å². The van der Waals surface area contributed by atoms with Crippen LogP contribution in [-0.2, 0) is 6.42 Å². The van der Waals surface area contributed by atoms with Crippen LogP contribution in [0.15, 0.2) is 42.6 Å². The number of benzene rings is 1. The maximum atomic E-state index is 11.7. The van der Waals surface area contributed by atoms with Gasteiger partial charge in [0.2, 0.25) is 0 Å². The van der Waals surface area contributed by atoms with Gasteiger partial charge in [-0.1, -0.05) is 18.2 Å². The molecule has 3 rings (SSSR count). The molecule has 1 aromatic heterocycles. The van der Waals surface area contributed by atoms with Crippen LogP contribution in [0.1, 0.15) is 22.3 Å². The van der Waals surface area contributed by atoms with Crippen molar-refractivity contribution < 1.29 is 4.79 Å². The number of rotatable bonds is 2. The van der Waals surface area contributed by atoms with E-state index in [1.165, 1.54) is 11.3 Å². The molecule has 2 heterocycles. The van der Waals surface area contributed by atoms with Crippen LogP contribution in [0.5, 0.6) is 0 Å². The van der Waals surface area contributed by atoms with Gasteiger partial charge in [0, 0.05) is 31.0 Å². The molecular weight excluding hydrogens is 250 g/mol. The smallest absolute Gasteiger partial charge is 0.251 e. The van der Waals surface area contributed by atoms with Gasteiger partial charge in [-0.2, -0.15) is 0 Å². The Morgan fingerprint density at radius 3 is 3.00 bits per heavy atom. The molecule has 0 saturated carbocycles. The number of aromatic nitrogens is 1. The van der Waals surface area contributed by atoms with Crippen LogP contribution >= 0.6 is 0 Å². The molecule has 1 aliphatic rings. The number of para-hydroxylation sites is 1. The summed E-state index contributed by atoms with van der Waals surface area (Å²) in [6.45, 7) is 0.932. The monoisotopic (exact) mass is 267 g/mol. The molecule has 0 spiro atoms. The third kappa shape index (κ3) is 2.25. The number of hydrogen-bond donors (Lipinski definition) is 1. The predicted octanol–water partition coefficient (Wildman–Crippen LogP) is 2.53. The van der Waals surface area contributed by atoms with E-state index in [2.05, 4.69) is 33.4 Å². The zero-order chi connectivity index (χ0) is 13.9. The second-order valence-corrected chi connectivity index (χ2v) is 4.87. The fourth-order valence-electron chi connectivity index (χ4n) is 2.62. The molecule has 1 amide bonds. The van der Waals surface area contributed by atoms with E-state index in [1.807, 2.05) is 12.1 Å². The second kappa shape index (κ2) is 5.33. The Hall–Kier alpha value is -2.36. The lowest BCUT2D eigenvalue weighted by molar-refractivity contribution is 0.0963. The Bertz CT molecular complexity index is 639. The fraction of sp³-hybridized carbons (Fsp3) is 0.250. The van der Waals surface area contributed by atoms with Gasteiger partial charge in [0.05, 0.1) is 0 Å². The molecular formula is C16H17N3O. The van der Waals surface area contributed by atoms with Crippen molar-refractivity contribution >= 4 is 17.4 Å². The average Bonchev–Trinajstić information content (AvgIpc) is 2.53. The first-order valence-electron chi connectivity index (χ1n) is 6.83. The van der Waals surface area contributed by atoms with E-state index in [4.69, 9.17) is 0 Å². The molecule has 1 N–H and O–H groups in total. The highest BCUT2D eigenvalue weighted by Gasteiger charge is 2.19. The molecule has 2 aromatic rings. The summed E-state index contributed by atoms with van der Waals surface area (Å²) in [4.78, 5) is 18.3. The highest BCUT2D eigenvalue weighted by atomic mass is 16.1. The quantitative estimate of drug-likeness (QED) is 0.909. The highest BCUT2D eigenvalue weighted by Crippen LogP contribution is 2.32. The molecule has 1 aromatic carbocycles. The van der Waals surface area contributed by atoms with Crippen molar-refractivity contribution in [2.75, 3.05) is 18.5 Å². The molecule has 102 valence electrons. The zero-order valence-electron chi connectivity index (χ0n) is 11.5. The van der Waals surface area contributed by atoms with E-state index in [1.54, 1.807) is 19.3 Å². The number of carbonyl (C=O) groups is 1. The summed E-state index contributed by atoms with van der Waals surface area (Å²) in [5, 5.41) is 2.65. The van der Waals surface area contributed by atoms with Crippen LogP contribution in [-0.4, -0.2) is 24.5 Å². The Morgan fingerprint density at radius 2 is 2.15 bits per heavy atom. The van der Waals surface area contributed by atoms with E-state index in [0.29, 0.717) is 5.56 Å². The minimum Gasteiger partial charge on any atom is -0.355 e. The third-order valence-electron chi connectivity index (χ3n) is 3.62. The van der Waals surface area contributed by atoms with Crippen molar-refractivity contribution in [3.05, 3.63) is 53.7 Å². The molecule has 1 aliphatic heterocycles. The second-order valence-electron chi connectivity index (χ2n) is 4.87. The van der Waals surface area contributed by atoms with Crippen LogP contribution in [0.2, 0.25) is 0 Å². The molecule has 4 heteroatoms. The van der Waals surface area contributed by atoms with Gasteiger partial charge in [0.15, 0.2) is 0 Å². The summed E-state index contributed by atoms with van der Waals surface area (Å²) in [6, 6.07) is 12.0. The SMILES string of the molecule is CNC(=O)c1ccnc(N2CCCc3ccccc32)c1. The average molecular weight is 267 g/mol. The normalized spacial score (nSPS) is 13.8. The fourth-order valence-corrected chi connectivity index (χ4v) is 2.62. The van der Waals surface area contributed by atoms with Crippen molar-refractivity contribution in [3.63, 3.8) is 0 Å². The third-order valence-corrected chi connectivity index (χ3v) is 3.62. The molecule has 0 saturated heterocycles. The van der Waals surface area contributed by atoms with Gasteiger partial charge in [-0.25, -0.2) is 4.98 Å². The molecule has 0 aliphatic carbocycles. The van der Waals surface area contributed by atoms with Crippen LogP contribution in [0.4, 0.5) is 11.5 Å². The van der Waals surface area contributed by atoms with Gasteiger partial charge in [0.1, 0.15) is 5.82 Å². The Labute approximate surface area is 118 Å². The van der Waals surface area contributed by atoms with Crippen LogP contribution in [0.3, 0.4) is 0 Å². The Kier molecular flexibility index (Phi) is 3.37. The molecule has 0 atom stereocenters. The number of nitrogens with one attached hydrogen (secondary N) is 1. The highest BCUT2D eigenvalue weighted by molar-refractivity contribution is 5.94. The number of aryl methyl sites for hydroxylation is 1. The van der Waals surface area contributed by atoms with Crippen molar-refractivity contribution in [2.45, 2.75) is 12.8 Å². The lowest BCUT2D eigenvalue weighted by Gasteiger charge is -2.30. The van der Waals surface area contributed by atoms with Crippen LogP contribution in [0, 0.1) is 0 Å². The molecule has 0 fully saturated rings. The molecule has 4 nitrogen and oxygen atoms in total. The van der Waals surface area contributed by atoms with E-state index < -0.39 is 0 Å². The number of nitrogens with zero attached hydrogens (tertiary/aromatic N) is 2. The summed E-state index contributed by atoms with van der Waals surface area (Å²) >= 11 is 0. The van der Waals surface area contributed by atoms with Gasteiger partial charge in [-0.05, 0) is 36.6 Å². The molecule has 20 heavy (non-hydrogen) atoms. The van der Waals surface area contributed by atoms with Gasteiger partial charge >= 0.3 is 0 Å². The number of amides is 1. The largest absolute Gasteiger partial charge is 0.355 e. The Morgan fingerprint density at radius 1 is 1.30 bits per heavy atom. The minimum absolute atomic E-state index is 0.0843. The van der Waals surface area contributed by atoms with Crippen molar-refractivity contribution in [1.82, 2.24) is 10.3 Å². The molecule has 0 unspecified atom stereocenters. The summed E-state index contributed by atoms with van der Waals surface area (Å²) in [6.07, 6.45) is 3.89. The van der Waals surface area contributed by atoms with Crippen molar-refractivity contribution in [2.24, 2.45) is 0 Å². The van der Waals surface area contributed by atoms with Crippen LogP contribution < -0.4 is 10.2 Å². The summed E-state index contributed by atoms with van der Waals surface area (Å²) in [5.74, 6) is 0.747. The van der Waals surface area contributed by atoms with E-state index in [9.17, 15) is 4.79 Å². The zero-order valence-corrected chi connectivity index (χ0v) is 11.5. The van der Waals surface area contributed by atoms with Gasteiger partial charge in [0.25, 0.3) is 5.91 Å². The molecule has 0 bridgehead atoms. The summed E-state index contributed by atoms with van der Waals surface area (Å²) in [7, 11) is 1.64. The van der Waals surface area contributed by atoms with Crippen LogP contribution in [0.25, 0.3) is 0 Å². The Balaban J connectivity index is 2.00. The summed E-state index contributed by atoms with van der Waals surface area (Å²) < 4.78 is 0. The van der Waals surface area contributed by atoms with Crippen molar-refractivity contribution in [3.8, 4) is 0 Å². The van der Waals surface area contributed by atoms with E-state index in [-0.39, 0.29) is 5.91 Å². The molecule has 0 radical (unpaired) electrons. The number of carbonyl (C=O) groups excluding carboxylic acids is 1. The first-order chi connectivity index (χ1) is 9.79. The maximum Gasteiger partial charge on any atom is 0.251 e. The van der Waals surface area contributed by atoms with Gasteiger partial charge in [-0.3, -0.25) is 4.79 Å². The number of hydrogen-bond acceptors (Lipinski definition) is 3. The first kappa shape index (κ1) is 12.7. The lowest BCUT2D eigenvalue weighted by Crippen LogP contribution is -2.26. The number of fused-ring (bicyclic) bond motifs is 1. The first-order valence-corrected chi connectivity index (χ1v) is 6.83. The van der Waals surface area contributed by atoms with Gasteiger partial charge < -0.3 is 10.2 Å². The summed E-state index contributed by atoms with van der Waals surface area (Å²) in [5.41, 5.74) is 3.17. The predicted molar refractivity (Wildman–Crippen MR) is 79.4 cm³/mol. The van der Waals surface area contributed by atoms with E-state index in [0.717, 1.165) is 25.2 Å². The minimum atomic E-state index is -0.0843. The number of anilines is 2. The van der Waals surface area contributed by atoms with Crippen molar-refractivity contribution in [1.29, 1.82) is 0 Å². The standard InChI is InChI=1S/C16H17N3O/c1-17-16(20)13-8-9-18-15(11-13)19-10-4-6-12-5-2-3-7-14(12)19/h2-3,5,7-9,11H,4,6,10H2,1H3,(H,17,20). The van der Waals surface area contributed by atoms with Gasteiger partial charge in [-0.15, -0.1) is 0 Å². The number of pyridine rings is 1. The maximum absolute atomic E-state index is 11.7.